The second kappa shape index (κ2) is 10.3. The number of carbonyl (C=O) groups excluding carboxylic acids is 1. The van der Waals surface area contributed by atoms with Gasteiger partial charge in [0.1, 0.15) is 11.8 Å². The Morgan fingerprint density at radius 3 is 2.38 bits per heavy atom. The van der Waals surface area contributed by atoms with Crippen LogP contribution in [-0.2, 0) is 9.53 Å². The minimum Gasteiger partial charge on any atom is -0.497 e. The molecule has 1 fully saturated rings. The molecule has 6 nitrogen and oxygen atoms in total. The summed E-state index contributed by atoms with van der Waals surface area (Å²) in [5.74, 6) is 0.853. The molecule has 6 heteroatoms. The third kappa shape index (κ3) is 5.71. The average molecular weight is 399 g/mol. The number of nitrogens with zero attached hydrogens (tertiary/aromatic N) is 1. The molecule has 1 heterocycles. The van der Waals surface area contributed by atoms with E-state index in [1.165, 1.54) is 5.56 Å². The molecule has 3 rings (SSSR count). The summed E-state index contributed by atoms with van der Waals surface area (Å²) >= 11 is 0. The molecule has 0 spiro atoms. The molecule has 0 radical (unpaired) electrons. The number of amides is 1. The average Bonchev–Trinajstić information content (AvgIpc) is 2.78. The number of anilines is 2. The van der Waals surface area contributed by atoms with Gasteiger partial charge in [-0.3, -0.25) is 4.79 Å². The summed E-state index contributed by atoms with van der Waals surface area (Å²) in [7, 11) is 1.67. The molecule has 0 bridgehead atoms. The second-order valence-corrected chi connectivity index (χ2v) is 7.40. The predicted molar refractivity (Wildman–Crippen MR) is 116 cm³/mol. The van der Waals surface area contributed by atoms with Crippen molar-refractivity contribution in [2.45, 2.75) is 32.4 Å². The van der Waals surface area contributed by atoms with Gasteiger partial charge >= 0.3 is 0 Å². The summed E-state index contributed by atoms with van der Waals surface area (Å²) in [6.07, 6.45) is 0.943. The number of quaternary nitrogens is 1. The van der Waals surface area contributed by atoms with Crippen molar-refractivity contribution in [3.63, 3.8) is 0 Å². The molecule has 156 valence electrons. The largest absolute Gasteiger partial charge is 0.497 e. The topological polar surface area (TPSA) is 67.4 Å². The van der Waals surface area contributed by atoms with Gasteiger partial charge in [-0.05, 0) is 55.5 Å². The molecular weight excluding hydrogens is 366 g/mol. The molecule has 0 unspecified atom stereocenters. The number of hydrogen-bond donors (Lipinski definition) is 2. The minimum absolute atomic E-state index is 0.0103. The first kappa shape index (κ1) is 21.1. The van der Waals surface area contributed by atoms with Crippen LogP contribution in [0.3, 0.4) is 0 Å². The fraction of sp³-hybridized carbons (Fsp3) is 0.435. The predicted octanol–water partition coefficient (Wildman–Crippen LogP) is 2.57. The highest BCUT2D eigenvalue weighted by Crippen LogP contribution is 2.20. The van der Waals surface area contributed by atoms with Crippen LogP contribution in [-0.4, -0.2) is 45.4 Å². The Balaban J connectivity index is 1.56. The summed E-state index contributed by atoms with van der Waals surface area (Å²) in [6, 6.07) is 16.2. The maximum Gasteiger partial charge on any atom is 0.282 e. The molecule has 0 saturated carbocycles. The number of ether oxygens (including phenoxy) is 2. The third-order valence-corrected chi connectivity index (χ3v) is 5.43. The maximum atomic E-state index is 12.7. The van der Waals surface area contributed by atoms with E-state index in [-0.39, 0.29) is 18.0 Å². The van der Waals surface area contributed by atoms with E-state index in [1.807, 2.05) is 31.2 Å². The number of rotatable bonds is 8. The first-order valence-electron chi connectivity index (χ1n) is 10.3. The number of nitrogens with one attached hydrogen (secondary N) is 1. The van der Waals surface area contributed by atoms with Crippen molar-refractivity contribution >= 4 is 17.3 Å². The zero-order chi connectivity index (χ0) is 20.6. The Kier molecular flexibility index (Phi) is 7.49. The van der Waals surface area contributed by atoms with E-state index >= 15 is 0 Å². The molecule has 1 aliphatic rings. The Morgan fingerprint density at radius 1 is 1.14 bits per heavy atom. The highest BCUT2D eigenvalue weighted by molar-refractivity contribution is 5.93. The molecule has 1 amide bonds. The molecule has 0 aromatic heterocycles. The summed E-state index contributed by atoms with van der Waals surface area (Å²) in [5, 5.41) is 5.16. The van der Waals surface area contributed by atoms with Gasteiger partial charge in [0.15, 0.2) is 6.04 Å². The van der Waals surface area contributed by atoms with Crippen molar-refractivity contribution in [1.29, 1.82) is 0 Å². The molecule has 1 aliphatic heterocycles. The Hall–Kier alpha value is -2.57. The van der Waals surface area contributed by atoms with Crippen LogP contribution in [0, 0.1) is 0 Å². The first-order valence-corrected chi connectivity index (χ1v) is 10.3. The van der Waals surface area contributed by atoms with Crippen LogP contribution in [0.15, 0.2) is 48.5 Å². The molecule has 3 N–H and O–H groups in total. The number of morpholine rings is 1. The fourth-order valence-electron chi connectivity index (χ4n) is 3.60. The highest BCUT2D eigenvalue weighted by Gasteiger charge is 2.22. The van der Waals surface area contributed by atoms with E-state index < -0.39 is 0 Å². The van der Waals surface area contributed by atoms with Gasteiger partial charge in [0.05, 0.1) is 20.3 Å². The zero-order valence-electron chi connectivity index (χ0n) is 17.6. The smallest absolute Gasteiger partial charge is 0.282 e. The van der Waals surface area contributed by atoms with E-state index in [0.29, 0.717) is 0 Å². The van der Waals surface area contributed by atoms with Crippen molar-refractivity contribution < 1.29 is 19.6 Å². The Morgan fingerprint density at radius 2 is 1.79 bits per heavy atom. The quantitative estimate of drug-likeness (QED) is 0.717. The number of methoxy groups -OCH3 is 1. The van der Waals surface area contributed by atoms with E-state index in [1.54, 1.807) is 7.11 Å². The lowest BCUT2D eigenvalue weighted by atomic mass is 10.0. The molecule has 2 aromatic rings. The molecular formula is C23H32N3O3+. The van der Waals surface area contributed by atoms with E-state index in [9.17, 15) is 4.79 Å². The lowest BCUT2D eigenvalue weighted by molar-refractivity contribution is -0.713. The van der Waals surface area contributed by atoms with Crippen LogP contribution in [0.1, 0.15) is 31.9 Å². The van der Waals surface area contributed by atoms with Crippen LogP contribution in [0.2, 0.25) is 0 Å². The third-order valence-electron chi connectivity index (χ3n) is 5.43. The summed E-state index contributed by atoms with van der Waals surface area (Å²) in [5.41, 5.74) is 3.18. The van der Waals surface area contributed by atoms with Crippen molar-refractivity contribution in [2.24, 2.45) is 0 Å². The SMILES string of the molecule is CC[C@H]([NH2+][C@@H](C)C(=O)Nc1ccc(N2CCOCC2)cc1)c1ccc(OC)cc1. The van der Waals surface area contributed by atoms with Gasteiger partial charge in [0.25, 0.3) is 5.91 Å². The van der Waals surface area contributed by atoms with Crippen LogP contribution in [0.25, 0.3) is 0 Å². The standard InChI is InChI=1S/C23H31N3O3/c1-4-22(18-5-11-21(28-3)12-6-18)24-17(2)23(27)25-19-7-9-20(10-8-19)26-13-15-29-16-14-26/h5-12,17,22,24H,4,13-16H2,1-3H3,(H,25,27)/p+1/t17-,22-/m0/s1. The Bertz CT molecular complexity index is 771. The van der Waals surface area contributed by atoms with Gasteiger partial charge in [-0.25, -0.2) is 0 Å². The number of benzene rings is 2. The molecule has 2 aromatic carbocycles. The summed E-state index contributed by atoms with van der Waals surface area (Å²) in [4.78, 5) is 15.0. The Labute approximate surface area is 173 Å². The first-order chi connectivity index (χ1) is 14.1. The van der Waals surface area contributed by atoms with Gasteiger partial charge in [-0.2, -0.15) is 0 Å². The maximum absolute atomic E-state index is 12.7. The van der Waals surface area contributed by atoms with E-state index in [4.69, 9.17) is 9.47 Å². The number of carbonyl (C=O) groups is 1. The normalized spacial score (nSPS) is 16.2. The van der Waals surface area contributed by atoms with Crippen LogP contribution < -0.4 is 20.3 Å². The van der Waals surface area contributed by atoms with Crippen LogP contribution in [0.4, 0.5) is 11.4 Å². The zero-order valence-corrected chi connectivity index (χ0v) is 17.6. The monoisotopic (exact) mass is 398 g/mol. The van der Waals surface area contributed by atoms with E-state index in [2.05, 4.69) is 46.7 Å². The van der Waals surface area contributed by atoms with Crippen molar-refractivity contribution in [2.75, 3.05) is 43.6 Å². The van der Waals surface area contributed by atoms with E-state index in [0.717, 1.165) is 49.8 Å². The number of hydrogen-bond acceptors (Lipinski definition) is 4. The minimum atomic E-state index is -0.194. The summed E-state index contributed by atoms with van der Waals surface area (Å²) < 4.78 is 10.6. The molecule has 0 aliphatic carbocycles. The van der Waals surface area contributed by atoms with Crippen LogP contribution >= 0.6 is 0 Å². The second-order valence-electron chi connectivity index (χ2n) is 7.40. The lowest BCUT2D eigenvalue weighted by Gasteiger charge is -2.29. The van der Waals surface area contributed by atoms with Gasteiger partial charge in [0, 0.05) is 36.4 Å². The lowest BCUT2D eigenvalue weighted by Crippen LogP contribution is -2.92. The number of nitrogens with two attached hydrogens (primary N) is 1. The molecule has 2 atom stereocenters. The van der Waals surface area contributed by atoms with Crippen molar-refractivity contribution in [3.05, 3.63) is 54.1 Å². The van der Waals surface area contributed by atoms with Gasteiger partial charge in [0.2, 0.25) is 0 Å². The van der Waals surface area contributed by atoms with Crippen LogP contribution in [0.5, 0.6) is 5.75 Å². The van der Waals surface area contributed by atoms with Gasteiger partial charge < -0.3 is 25.0 Å². The van der Waals surface area contributed by atoms with Gasteiger partial charge in [-0.1, -0.05) is 6.92 Å². The van der Waals surface area contributed by atoms with Crippen molar-refractivity contribution in [3.8, 4) is 5.75 Å². The van der Waals surface area contributed by atoms with Crippen molar-refractivity contribution in [1.82, 2.24) is 0 Å². The molecule has 1 saturated heterocycles. The molecule has 29 heavy (non-hydrogen) atoms. The fourth-order valence-corrected chi connectivity index (χ4v) is 3.60. The highest BCUT2D eigenvalue weighted by atomic mass is 16.5. The summed E-state index contributed by atoms with van der Waals surface area (Å²) in [6.45, 7) is 7.42. The van der Waals surface area contributed by atoms with Gasteiger partial charge in [-0.15, -0.1) is 0 Å².